The van der Waals surface area contributed by atoms with Gasteiger partial charge in [-0.3, -0.25) is 0 Å². The Labute approximate surface area is 340 Å². The smallest absolute Gasteiger partial charge is 0.423 e. The van der Waals surface area contributed by atoms with Crippen molar-refractivity contribution in [3.8, 4) is 0 Å². The van der Waals surface area contributed by atoms with Crippen LogP contribution in [-0.2, 0) is 0 Å². The van der Waals surface area contributed by atoms with Crippen molar-refractivity contribution in [3.63, 3.8) is 0 Å². The Morgan fingerprint density at radius 2 is 0.611 bits per heavy atom. The van der Waals surface area contributed by atoms with Crippen LogP contribution in [0.5, 0.6) is 0 Å². The van der Waals surface area contributed by atoms with E-state index in [4.69, 9.17) is 0 Å². The van der Waals surface area contributed by atoms with Crippen LogP contribution in [0.25, 0.3) is 64.6 Å². The van der Waals surface area contributed by atoms with Gasteiger partial charge in [-0.15, -0.1) is 0 Å². The van der Waals surface area contributed by atoms with Gasteiger partial charge in [0.25, 0.3) is 0 Å². The topological polar surface area (TPSA) is 40.5 Å². The summed E-state index contributed by atoms with van der Waals surface area (Å²) in [5.41, 5.74) is 0.555. The van der Waals surface area contributed by atoms with Crippen molar-refractivity contribution in [3.05, 3.63) is 208 Å². The first-order chi connectivity index (χ1) is 26.3. The molecular weight excluding hydrogens is 859 g/mol. The van der Waals surface area contributed by atoms with Crippen molar-refractivity contribution in [2.75, 3.05) is 0 Å². The molecule has 0 atom stereocenters. The largest absolute Gasteiger partial charge is 0.489 e. The third-order valence-corrected chi connectivity index (χ3v) is 10.7. The highest BCUT2D eigenvalue weighted by atomic mass is 79.9. The van der Waals surface area contributed by atoms with Crippen molar-refractivity contribution in [1.82, 2.24) is 0 Å². The molecule has 10 rings (SSSR count). The number of benzene rings is 10. The molecule has 0 amide bonds. The highest BCUT2D eigenvalue weighted by molar-refractivity contribution is 9.11. The van der Waals surface area contributed by atoms with E-state index in [2.05, 4.69) is 187 Å². The number of fused-ring (bicyclic) bond motifs is 8. The molecule has 2 N–H and O–H groups in total. The second kappa shape index (κ2) is 17.5. The average molecular weight is 893 g/mol. The zero-order chi connectivity index (χ0) is 37.4. The summed E-state index contributed by atoms with van der Waals surface area (Å²) < 4.78 is 3.37. The summed E-state index contributed by atoms with van der Waals surface area (Å²) in [6.07, 6.45) is 0. The van der Waals surface area contributed by atoms with E-state index in [-0.39, 0.29) is 0 Å². The predicted octanol–water partition coefficient (Wildman–Crippen LogP) is 13.6. The lowest BCUT2D eigenvalue weighted by atomic mass is 9.76. The monoisotopic (exact) mass is 890 g/mol. The molecule has 0 fully saturated rings. The molecule has 0 saturated heterocycles. The minimum atomic E-state index is -1.44. The Morgan fingerprint density at radius 3 is 1.11 bits per heavy atom. The number of halogens is 3. The summed E-state index contributed by atoms with van der Waals surface area (Å²) in [4.78, 5) is 0. The average Bonchev–Trinajstić information content (AvgIpc) is 3.21. The van der Waals surface area contributed by atoms with Crippen LogP contribution in [0.1, 0.15) is 0 Å². The Balaban J connectivity index is 0.000000113. The van der Waals surface area contributed by atoms with Crippen LogP contribution in [0, 0.1) is 0 Å². The summed E-state index contributed by atoms with van der Waals surface area (Å²) in [6.45, 7) is 0. The van der Waals surface area contributed by atoms with E-state index in [1.165, 1.54) is 43.1 Å². The predicted molar refractivity (Wildman–Crippen MR) is 244 cm³/mol. The van der Waals surface area contributed by atoms with E-state index in [0.717, 1.165) is 35.0 Å². The molecule has 0 aliphatic rings. The fourth-order valence-electron chi connectivity index (χ4n) is 6.60. The minimum absolute atomic E-state index is 0.555. The molecule has 0 aromatic heterocycles. The maximum absolute atomic E-state index is 9.44. The van der Waals surface area contributed by atoms with Crippen molar-refractivity contribution in [2.24, 2.45) is 0 Å². The molecule has 262 valence electrons. The van der Waals surface area contributed by atoms with Gasteiger partial charge in [0.05, 0.1) is 0 Å². The molecule has 10 aromatic carbocycles. The Kier molecular flexibility index (Phi) is 12.2. The second-order valence-electron chi connectivity index (χ2n) is 12.7. The Hall–Kier alpha value is -4.82. The van der Waals surface area contributed by atoms with E-state index in [1.54, 1.807) is 0 Å². The molecule has 54 heavy (non-hydrogen) atoms. The SMILES string of the molecule is Brc1ccc2ccc(Br)cc2c1.Brc1ccc2ccccc2c1.OB(O)c1cc2ccccc2c2ccccc12.c1ccc2c(c1)ccc1ccccc12. The zero-order valence-electron chi connectivity index (χ0n) is 29.1. The fourth-order valence-corrected chi connectivity index (χ4v) is 7.74. The third kappa shape index (κ3) is 8.93. The van der Waals surface area contributed by atoms with Crippen LogP contribution >= 0.6 is 47.8 Å². The molecule has 0 spiro atoms. The maximum atomic E-state index is 9.44. The summed E-state index contributed by atoms with van der Waals surface area (Å²) >= 11 is 10.3. The van der Waals surface area contributed by atoms with Crippen molar-refractivity contribution < 1.29 is 10.0 Å². The van der Waals surface area contributed by atoms with Crippen LogP contribution in [-0.4, -0.2) is 17.2 Å². The van der Waals surface area contributed by atoms with Gasteiger partial charge in [0.1, 0.15) is 0 Å². The Bertz CT molecular complexity index is 2780. The maximum Gasteiger partial charge on any atom is 0.489 e. The zero-order valence-corrected chi connectivity index (χ0v) is 33.8. The molecule has 0 heterocycles. The van der Waals surface area contributed by atoms with Gasteiger partial charge in [0.2, 0.25) is 0 Å². The number of rotatable bonds is 1. The molecular formula is C48H34BBr3O2. The van der Waals surface area contributed by atoms with Crippen LogP contribution < -0.4 is 5.46 Å². The Morgan fingerprint density at radius 1 is 0.278 bits per heavy atom. The van der Waals surface area contributed by atoms with Crippen LogP contribution in [0.4, 0.5) is 0 Å². The lowest BCUT2D eigenvalue weighted by Crippen LogP contribution is -2.30. The number of hydrogen-bond acceptors (Lipinski definition) is 2. The van der Waals surface area contributed by atoms with Gasteiger partial charge in [-0.2, -0.15) is 0 Å². The van der Waals surface area contributed by atoms with E-state index in [9.17, 15) is 10.0 Å². The molecule has 6 heteroatoms. The van der Waals surface area contributed by atoms with Gasteiger partial charge >= 0.3 is 7.12 Å². The fraction of sp³-hybridized carbons (Fsp3) is 0. The van der Waals surface area contributed by atoms with Gasteiger partial charge in [0, 0.05) is 13.4 Å². The summed E-state index contributed by atoms with van der Waals surface area (Å²) in [5.74, 6) is 0. The number of hydrogen-bond donors (Lipinski definition) is 2. The highest BCUT2D eigenvalue weighted by Gasteiger charge is 2.16. The highest BCUT2D eigenvalue weighted by Crippen LogP contribution is 2.26. The van der Waals surface area contributed by atoms with Gasteiger partial charge in [0.15, 0.2) is 0 Å². The van der Waals surface area contributed by atoms with E-state index >= 15 is 0 Å². The minimum Gasteiger partial charge on any atom is -0.423 e. The van der Waals surface area contributed by atoms with Crippen molar-refractivity contribution >= 4 is 125 Å². The van der Waals surface area contributed by atoms with Crippen molar-refractivity contribution in [2.45, 2.75) is 0 Å². The van der Waals surface area contributed by atoms with Crippen LogP contribution in [0.15, 0.2) is 208 Å². The van der Waals surface area contributed by atoms with Gasteiger partial charge in [-0.1, -0.05) is 206 Å². The normalized spacial score (nSPS) is 10.7. The van der Waals surface area contributed by atoms with Crippen LogP contribution in [0.2, 0.25) is 0 Å². The summed E-state index contributed by atoms with van der Waals surface area (Å²) in [5, 5.41) is 33.3. The molecule has 0 aliphatic carbocycles. The molecule has 2 nitrogen and oxygen atoms in total. The van der Waals surface area contributed by atoms with Crippen molar-refractivity contribution in [1.29, 1.82) is 0 Å². The molecule has 0 saturated carbocycles. The standard InChI is InChI=1S/C14H11BO2.C14H10.C10H6Br2.C10H7Br/c16-15(17)14-9-10-5-1-2-6-11(10)12-7-3-4-8-13(12)14;1-3-7-13-11(5-1)9-10-12-6-2-4-8-14(12)13;11-9-3-1-7-2-4-10(12)6-8(7)5-9;11-10-6-5-8-3-1-2-4-9(8)7-10/h1-9,16-17H;1-10H;1-6H;1-7H. The van der Waals surface area contributed by atoms with E-state index in [0.29, 0.717) is 5.46 Å². The van der Waals surface area contributed by atoms with Gasteiger partial charge < -0.3 is 10.0 Å². The molecule has 0 unspecified atom stereocenters. The molecule has 0 aliphatic heterocycles. The van der Waals surface area contributed by atoms with Gasteiger partial charge in [-0.05, 0) is 106 Å². The van der Waals surface area contributed by atoms with E-state index < -0.39 is 7.12 Å². The summed E-state index contributed by atoms with van der Waals surface area (Å²) in [6, 6.07) is 66.1. The molecule has 10 aromatic rings. The third-order valence-electron chi connectivity index (χ3n) is 9.21. The quantitative estimate of drug-likeness (QED) is 0.127. The molecule has 0 radical (unpaired) electrons. The second-order valence-corrected chi connectivity index (χ2v) is 15.5. The van der Waals surface area contributed by atoms with E-state index in [1.807, 2.05) is 54.6 Å². The van der Waals surface area contributed by atoms with Crippen LogP contribution in [0.3, 0.4) is 0 Å². The lowest BCUT2D eigenvalue weighted by Gasteiger charge is -2.09. The first-order valence-electron chi connectivity index (χ1n) is 17.5. The molecule has 0 bridgehead atoms. The lowest BCUT2D eigenvalue weighted by molar-refractivity contribution is 0.426. The summed E-state index contributed by atoms with van der Waals surface area (Å²) in [7, 11) is -1.44. The first-order valence-corrected chi connectivity index (χ1v) is 19.8. The van der Waals surface area contributed by atoms with Gasteiger partial charge in [-0.25, -0.2) is 0 Å². The first kappa shape index (κ1) is 37.5.